The third-order valence-corrected chi connectivity index (χ3v) is 4.79. The van der Waals surface area contributed by atoms with Gasteiger partial charge in [0, 0.05) is 23.1 Å². The minimum absolute atomic E-state index is 0.145. The Hall–Kier alpha value is -2.31. The van der Waals surface area contributed by atoms with Gasteiger partial charge in [-0.15, -0.1) is 11.3 Å². The first-order chi connectivity index (χ1) is 12.0. The number of rotatable bonds is 8. The lowest BCUT2D eigenvalue weighted by atomic mass is 10.1. The number of carbonyl (C=O) groups excluding carboxylic acids is 1. The van der Waals surface area contributed by atoms with E-state index < -0.39 is 0 Å². The molecule has 2 aromatic rings. The summed E-state index contributed by atoms with van der Waals surface area (Å²) in [5.74, 6) is 1.26. The van der Waals surface area contributed by atoms with Crippen LogP contribution in [-0.2, 0) is 4.79 Å². The van der Waals surface area contributed by atoms with Crippen molar-refractivity contribution in [3.63, 3.8) is 0 Å². The number of amides is 1. The van der Waals surface area contributed by atoms with Crippen LogP contribution in [0.4, 0.5) is 0 Å². The highest BCUT2D eigenvalue weighted by Crippen LogP contribution is 2.25. The van der Waals surface area contributed by atoms with E-state index >= 15 is 0 Å². The summed E-state index contributed by atoms with van der Waals surface area (Å²) in [4.78, 5) is 15.5. The lowest BCUT2D eigenvalue weighted by molar-refractivity contribution is -0.116. The number of nitrogens with one attached hydrogen (secondary N) is 1. The summed E-state index contributed by atoms with van der Waals surface area (Å²) in [5, 5.41) is 5.00. The van der Waals surface area contributed by atoms with Gasteiger partial charge in [0.15, 0.2) is 0 Å². The number of likely N-dealkylation sites (N-methyl/N-ethyl adjacent to an activating group) is 1. The van der Waals surface area contributed by atoms with Crippen LogP contribution in [0.25, 0.3) is 6.08 Å². The molecule has 1 aromatic carbocycles. The molecular weight excluding hydrogens is 336 g/mol. The molecule has 134 valence electrons. The number of methoxy groups -OCH3 is 2. The lowest BCUT2D eigenvalue weighted by Gasteiger charge is -2.23. The van der Waals surface area contributed by atoms with Crippen LogP contribution in [0, 0.1) is 0 Å². The molecule has 5 nitrogen and oxygen atoms in total. The zero-order chi connectivity index (χ0) is 18.2. The Labute approximate surface area is 152 Å². The molecule has 1 amide bonds. The molecular formula is C19H24N2O3S. The van der Waals surface area contributed by atoms with Gasteiger partial charge in [-0.25, -0.2) is 0 Å². The molecule has 0 aliphatic carbocycles. The Morgan fingerprint density at radius 3 is 2.68 bits per heavy atom. The van der Waals surface area contributed by atoms with Crippen LogP contribution in [-0.4, -0.2) is 45.7 Å². The number of nitrogens with zero attached hydrogens (tertiary/aromatic N) is 1. The number of hydrogen-bond donors (Lipinski definition) is 1. The zero-order valence-electron chi connectivity index (χ0n) is 15.0. The molecule has 6 heteroatoms. The quantitative estimate of drug-likeness (QED) is 0.735. The maximum absolute atomic E-state index is 12.2. The van der Waals surface area contributed by atoms with Crippen molar-refractivity contribution in [3.05, 3.63) is 52.2 Å². The molecule has 2 rings (SSSR count). The van der Waals surface area contributed by atoms with E-state index in [9.17, 15) is 4.79 Å². The number of ether oxygens (including phenoxy) is 2. The van der Waals surface area contributed by atoms with Crippen molar-refractivity contribution in [3.8, 4) is 11.5 Å². The van der Waals surface area contributed by atoms with Crippen LogP contribution in [0.5, 0.6) is 11.5 Å². The first-order valence-corrected chi connectivity index (χ1v) is 8.81. The van der Waals surface area contributed by atoms with Crippen LogP contribution < -0.4 is 14.8 Å². The summed E-state index contributed by atoms with van der Waals surface area (Å²) in [6, 6.07) is 9.72. The topological polar surface area (TPSA) is 50.8 Å². The molecule has 1 heterocycles. The Bertz CT molecular complexity index is 711. The standard InChI is InChI=1S/C19H24N2O3S/c1-21(2)16(18-6-5-11-25-18)13-20-19(22)10-7-14-12-15(23-3)8-9-17(14)24-4/h5-12,16H,13H2,1-4H3,(H,20,22)/b10-7+. The third-order valence-electron chi connectivity index (χ3n) is 3.82. The normalized spacial score (nSPS) is 12.4. The lowest BCUT2D eigenvalue weighted by Crippen LogP contribution is -2.33. The fourth-order valence-electron chi connectivity index (χ4n) is 2.41. The first kappa shape index (κ1) is 19.0. The van der Waals surface area contributed by atoms with Crippen LogP contribution >= 0.6 is 11.3 Å². The highest BCUT2D eigenvalue weighted by atomic mass is 32.1. The average molecular weight is 360 g/mol. The van der Waals surface area contributed by atoms with Crippen LogP contribution in [0.1, 0.15) is 16.5 Å². The van der Waals surface area contributed by atoms with E-state index in [2.05, 4.69) is 16.3 Å². The second-order valence-corrected chi connectivity index (χ2v) is 6.66. The van der Waals surface area contributed by atoms with Gasteiger partial charge in [0.2, 0.25) is 5.91 Å². The molecule has 0 saturated heterocycles. The molecule has 0 aliphatic heterocycles. The zero-order valence-corrected chi connectivity index (χ0v) is 15.8. The van der Waals surface area contributed by atoms with Gasteiger partial charge >= 0.3 is 0 Å². The van der Waals surface area contributed by atoms with E-state index in [4.69, 9.17) is 9.47 Å². The molecule has 0 fully saturated rings. The molecule has 1 atom stereocenters. The smallest absolute Gasteiger partial charge is 0.244 e. The first-order valence-electron chi connectivity index (χ1n) is 7.93. The maximum Gasteiger partial charge on any atom is 0.244 e. The summed E-state index contributed by atoms with van der Waals surface area (Å²) in [6.07, 6.45) is 3.24. The van der Waals surface area contributed by atoms with Crippen molar-refractivity contribution in [2.75, 3.05) is 34.9 Å². The van der Waals surface area contributed by atoms with Crippen molar-refractivity contribution in [2.24, 2.45) is 0 Å². The molecule has 0 spiro atoms. The maximum atomic E-state index is 12.2. The van der Waals surface area contributed by atoms with Crippen molar-refractivity contribution >= 4 is 23.3 Å². The van der Waals surface area contributed by atoms with E-state index in [1.165, 1.54) is 11.0 Å². The third kappa shape index (κ3) is 5.34. The second kappa shape index (κ2) is 9.25. The minimum Gasteiger partial charge on any atom is -0.497 e. The van der Waals surface area contributed by atoms with E-state index in [1.54, 1.807) is 31.6 Å². The van der Waals surface area contributed by atoms with E-state index in [1.807, 2.05) is 43.7 Å². The summed E-state index contributed by atoms with van der Waals surface area (Å²) in [6.45, 7) is 0.548. The average Bonchev–Trinajstić information content (AvgIpc) is 3.13. The Morgan fingerprint density at radius 2 is 2.08 bits per heavy atom. The second-order valence-electron chi connectivity index (χ2n) is 5.68. The Balaban J connectivity index is 2.01. The Morgan fingerprint density at radius 1 is 1.28 bits per heavy atom. The van der Waals surface area contributed by atoms with Gasteiger partial charge < -0.3 is 19.7 Å². The molecule has 1 N–H and O–H groups in total. The molecule has 1 aromatic heterocycles. The molecule has 0 radical (unpaired) electrons. The molecule has 0 bridgehead atoms. The predicted molar refractivity (Wildman–Crippen MR) is 102 cm³/mol. The van der Waals surface area contributed by atoms with E-state index in [0.29, 0.717) is 18.0 Å². The number of hydrogen-bond acceptors (Lipinski definition) is 5. The van der Waals surface area contributed by atoms with Crippen LogP contribution in [0.15, 0.2) is 41.8 Å². The van der Waals surface area contributed by atoms with Gasteiger partial charge in [-0.05, 0) is 49.8 Å². The summed E-state index contributed by atoms with van der Waals surface area (Å²) in [5.41, 5.74) is 0.791. The van der Waals surface area contributed by atoms with Gasteiger partial charge in [-0.3, -0.25) is 4.79 Å². The molecule has 1 unspecified atom stereocenters. The van der Waals surface area contributed by atoms with Crippen molar-refractivity contribution in [1.29, 1.82) is 0 Å². The number of thiophene rings is 1. The van der Waals surface area contributed by atoms with Gasteiger partial charge in [0.05, 0.1) is 20.3 Å². The van der Waals surface area contributed by atoms with Crippen molar-refractivity contribution < 1.29 is 14.3 Å². The van der Waals surface area contributed by atoms with Crippen molar-refractivity contribution in [1.82, 2.24) is 10.2 Å². The predicted octanol–water partition coefficient (Wildman–Crippen LogP) is 3.20. The monoisotopic (exact) mass is 360 g/mol. The van der Waals surface area contributed by atoms with Crippen molar-refractivity contribution in [2.45, 2.75) is 6.04 Å². The van der Waals surface area contributed by atoms with E-state index in [0.717, 1.165) is 5.56 Å². The van der Waals surface area contributed by atoms with Crippen LogP contribution in [0.3, 0.4) is 0 Å². The SMILES string of the molecule is COc1ccc(OC)c(/C=C/C(=O)NCC(c2cccs2)N(C)C)c1. The largest absolute Gasteiger partial charge is 0.497 e. The fourth-order valence-corrected chi connectivity index (χ4v) is 3.33. The summed E-state index contributed by atoms with van der Waals surface area (Å²) < 4.78 is 10.5. The van der Waals surface area contributed by atoms with Gasteiger partial charge in [-0.2, -0.15) is 0 Å². The van der Waals surface area contributed by atoms with Gasteiger partial charge in [0.1, 0.15) is 11.5 Å². The van der Waals surface area contributed by atoms with Gasteiger partial charge in [-0.1, -0.05) is 6.07 Å². The Kier molecular flexibility index (Phi) is 7.03. The molecule has 0 saturated carbocycles. The summed E-state index contributed by atoms with van der Waals surface area (Å²) in [7, 11) is 7.22. The number of benzene rings is 1. The van der Waals surface area contributed by atoms with E-state index in [-0.39, 0.29) is 11.9 Å². The highest BCUT2D eigenvalue weighted by Gasteiger charge is 2.15. The molecule has 25 heavy (non-hydrogen) atoms. The highest BCUT2D eigenvalue weighted by molar-refractivity contribution is 7.10. The summed E-state index contributed by atoms with van der Waals surface area (Å²) >= 11 is 1.69. The van der Waals surface area contributed by atoms with Gasteiger partial charge in [0.25, 0.3) is 0 Å². The molecule has 0 aliphatic rings. The number of carbonyl (C=O) groups is 1. The van der Waals surface area contributed by atoms with Crippen LogP contribution in [0.2, 0.25) is 0 Å². The fraction of sp³-hybridized carbons (Fsp3) is 0.316. The minimum atomic E-state index is -0.145.